The van der Waals surface area contributed by atoms with Gasteiger partial charge >= 0.3 is 6.18 Å². The summed E-state index contributed by atoms with van der Waals surface area (Å²) < 4.78 is 49.6. The van der Waals surface area contributed by atoms with Gasteiger partial charge in [0.15, 0.2) is 6.10 Å². The van der Waals surface area contributed by atoms with Gasteiger partial charge in [-0.2, -0.15) is 13.2 Å². The Morgan fingerprint density at radius 2 is 1.97 bits per heavy atom. The molecule has 2 aliphatic rings. The highest BCUT2D eigenvalue weighted by Crippen LogP contribution is 2.44. The molecule has 3 rings (SSSR count). The average molecular weight is 457 g/mol. The van der Waals surface area contributed by atoms with Gasteiger partial charge in [0.2, 0.25) is 5.91 Å². The number of nitrogens with one attached hydrogen (secondary N) is 1. The van der Waals surface area contributed by atoms with E-state index in [1.807, 2.05) is 20.8 Å². The molecule has 1 saturated carbocycles. The van der Waals surface area contributed by atoms with Crippen molar-refractivity contribution in [3.05, 3.63) is 23.5 Å². The molecule has 32 heavy (non-hydrogen) atoms. The molecular formula is C22H30F3N3O4. The molecule has 2 heterocycles. The van der Waals surface area contributed by atoms with E-state index in [9.17, 15) is 22.8 Å². The highest BCUT2D eigenvalue weighted by molar-refractivity contribution is 5.96. The lowest BCUT2D eigenvalue weighted by atomic mass is 9.85. The minimum Gasteiger partial charge on any atom is -0.481 e. The van der Waals surface area contributed by atoms with Crippen LogP contribution >= 0.6 is 0 Å². The van der Waals surface area contributed by atoms with Gasteiger partial charge in [-0.25, -0.2) is 0 Å². The van der Waals surface area contributed by atoms with Gasteiger partial charge in [-0.05, 0) is 37.5 Å². The monoisotopic (exact) mass is 457 g/mol. The lowest BCUT2D eigenvalue weighted by Gasteiger charge is -2.36. The lowest BCUT2D eigenvalue weighted by Crippen LogP contribution is -2.56. The maximum Gasteiger partial charge on any atom is 0.425 e. The van der Waals surface area contributed by atoms with E-state index in [-0.39, 0.29) is 30.0 Å². The van der Waals surface area contributed by atoms with Crippen LogP contribution in [-0.4, -0.2) is 59.9 Å². The molecule has 0 radical (unpaired) electrons. The van der Waals surface area contributed by atoms with Crippen LogP contribution in [0, 0.1) is 5.41 Å². The van der Waals surface area contributed by atoms with Crippen molar-refractivity contribution >= 4 is 11.8 Å². The van der Waals surface area contributed by atoms with Crippen LogP contribution in [-0.2, 0) is 9.53 Å². The number of nitrogens with zero attached hydrogens (tertiary/aromatic N) is 2. The summed E-state index contributed by atoms with van der Waals surface area (Å²) >= 11 is 0. The summed E-state index contributed by atoms with van der Waals surface area (Å²) in [6, 6.07) is 0.375. The predicted octanol–water partition coefficient (Wildman–Crippen LogP) is 3.64. The van der Waals surface area contributed by atoms with E-state index in [0.29, 0.717) is 25.1 Å². The molecule has 1 aromatic heterocycles. The van der Waals surface area contributed by atoms with Gasteiger partial charge in [0.05, 0.1) is 6.61 Å². The smallest absolute Gasteiger partial charge is 0.425 e. The third-order valence-corrected chi connectivity index (χ3v) is 5.57. The molecule has 10 heteroatoms. The van der Waals surface area contributed by atoms with E-state index in [1.165, 1.54) is 12.3 Å². The molecule has 178 valence electrons. The third kappa shape index (κ3) is 5.90. The van der Waals surface area contributed by atoms with Crippen LogP contribution in [0.4, 0.5) is 13.2 Å². The second kappa shape index (κ2) is 9.25. The fraction of sp³-hybridized carbons (Fsp3) is 0.682. The van der Waals surface area contributed by atoms with Crippen molar-refractivity contribution in [1.29, 1.82) is 0 Å². The predicted molar refractivity (Wildman–Crippen MR) is 110 cm³/mol. The standard InChI is InChI=1S/C22H30F3N3O4/c1-13(22(23,24)25)32-17-10-16(26-11-15(17)14-6-7-14)19(29)27-18(21(2,3)4)20(30)28-8-5-9-31-12-28/h10-11,13-14,18H,5-9,12H2,1-4H3,(H,27,29). The summed E-state index contributed by atoms with van der Waals surface area (Å²) in [6.07, 6.45) is -2.78. The third-order valence-electron chi connectivity index (χ3n) is 5.57. The van der Waals surface area contributed by atoms with Gasteiger partial charge in [-0.15, -0.1) is 0 Å². The number of halogens is 3. The molecule has 1 aromatic rings. The SMILES string of the molecule is CC(Oc1cc(C(=O)NC(C(=O)N2CCCOC2)C(C)(C)C)ncc1C1CC1)C(F)(F)F. The summed E-state index contributed by atoms with van der Waals surface area (Å²) in [5.41, 5.74) is -0.148. The van der Waals surface area contributed by atoms with E-state index in [4.69, 9.17) is 9.47 Å². The van der Waals surface area contributed by atoms with Crippen molar-refractivity contribution in [2.24, 2.45) is 5.41 Å². The van der Waals surface area contributed by atoms with E-state index >= 15 is 0 Å². The first-order chi connectivity index (χ1) is 14.9. The highest BCUT2D eigenvalue weighted by Gasteiger charge is 2.40. The number of carbonyl (C=O) groups is 2. The number of alkyl halides is 3. The van der Waals surface area contributed by atoms with Gasteiger partial charge in [0.25, 0.3) is 5.91 Å². The van der Waals surface area contributed by atoms with Gasteiger partial charge in [-0.1, -0.05) is 20.8 Å². The lowest BCUT2D eigenvalue weighted by molar-refractivity contribution is -0.189. The Hall–Kier alpha value is -2.36. The number of hydrogen-bond donors (Lipinski definition) is 1. The highest BCUT2D eigenvalue weighted by atomic mass is 19.4. The number of pyridine rings is 1. The zero-order valence-electron chi connectivity index (χ0n) is 18.8. The van der Waals surface area contributed by atoms with E-state index in [0.717, 1.165) is 19.8 Å². The molecule has 1 aliphatic heterocycles. The number of hydrogen-bond acceptors (Lipinski definition) is 5. The Bertz CT molecular complexity index is 844. The zero-order chi connectivity index (χ0) is 23.7. The molecule has 0 spiro atoms. The van der Waals surface area contributed by atoms with E-state index < -0.39 is 29.6 Å². The van der Waals surface area contributed by atoms with Crippen molar-refractivity contribution < 1.29 is 32.2 Å². The Balaban J connectivity index is 1.81. The molecule has 1 aliphatic carbocycles. The molecule has 0 bridgehead atoms. The maximum absolute atomic E-state index is 13.0. The van der Waals surface area contributed by atoms with Gasteiger partial charge in [-0.3, -0.25) is 14.6 Å². The minimum absolute atomic E-state index is 0.000501. The number of aromatic nitrogens is 1. The van der Waals surface area contributed by atoms with Gasteiger partial charge < -0.3 is 19.7 Å². The Labute approximate surface area is 185 Å². The first-order valence-corrected chi connectivity index (χ1v) is 10.8. The minimum atomic E-state index is -4.53. The molecule has 2 atom stereocenters. The largest absolute Gasteiger partial charge is 0.481 e. The Kier molecular flexibility index (Phi) is 7.02. The van der Waals surface area contributed by atoms with Gasteiger partial charge in [0, 0.05) is 24.4 Å². The molecule has 2 amide bonds. The molecule has 1 saturated heterocycles. The Morgan fingerprint density at radius 1 is 1.28 bits per heavy atom. The van der Waals surface area contributed by atoms with Crippen LogP contribution in [0.25, 0.3) is 0 Å². The molecule has 1 N–H and O–H groups in total. The van der Waals surface area contributed by atoms with Crippen molar-refractivity contribution in [3.63, 3.8) is 0 Å². The molecule has 2 fully saturated rings. The summed E-state index contributed by atoms with van der Waals surface area (Å²) in [6.45, 7) is 7.65. The second-order valence-electron chi connectivity index (χ2n) is 9.45. The molecule has 2 unspecified atom stereocenters. The van der Waals surface area contributed by atoms with Gasteiger partial charge in [0.1, 0.15) is 24.2 Å². The van der Waals surface area contributed by atoms with Crippen LogP contribution in [0.15, 0.2) is 12.3 Å². The Morgan fingerprint density at radius 3 is 2.50 bits per heavy atom. The van der Waals surface area contributed by atoms with E-state index in [1.54, 1.807) is 4.90 Å². The van der Waals surface area contributed by atoms with Crippen LogP contribution in [0.2, 0.25) is 0 Å². The van der Waals surface area contributed by atoms with Crippen molar-refractivity contribution in [2.75, 3.05) is 19.9 Å². The maximum atomic E-state index is 13.0. The second-order valence-corrected chi connectivity index (χ2v) is 9.45. The van der Waals surface area contributed by atoms with Crippen LogP contribution < -0.4 is 10.1 Å². The quantitative estimate of drug-likeness (QED) is 0.706. The summed E-state index contributed by atoms with van der Waals surface area (Å²) in [7, 11) is 0. The fourth-order valence-corrected chi connectivity index (χ4v) is 3.44. The average Bonchev–Trinajstić information content (AvgIpc) is 3.55. The normalized spacial score (nSPS) is 19.3. The summed E-state index contributed by atoms with van der Waals surface area (Å²) in [5.74, 6) is -0.844. The molecular weight excluding hydrogens is 427 g/mol. The first-order valence-electron chi connectivity index (χ1n) is 10.8. The van der Waals surface area contributed by atoms with Crippen molar-refractivity contribution in [1.82, 2.24) is 15.2 Å². The summed E-state index contributed by atoms with van der Waals surface area (Å²) in [4.78, 5) is 31.7. The summed E-state index contributed by atoms with van der Waals surface area (Å²) in [5, 5.41) is 2.72. The number of carbonyl (C=O) groups excluding carboxylic acids is 2. The van der Waals surface area contributed by atoms with Crippen molar-refractivity contribution in [2.45, 2.75) is 71.2 Å². The number of rotatable bonds is 6. The van der Waals surface area contributed by atoms with E-state index in [2.05, 4.69) is 10.3 Å². The number of amides is 2. The zero-order valence-corrected chi connectivity index (χ0v) is 18.8. The molecule has 7 nitrogen and oxygen atoms in total. The molecule has 0 aromatic carbocycles. The number of ether oxygens (including phenoxy) is 2. The van der Waals surface area contributed by atoms with Crippen molar-refractivity contribution in [3.8, 4) is 5.75 Å². The van der Waals surface area contributed by atoms with Crippen LogP contribution in [0.3, 0.4) is 0 Å². The topological polar surface area (TPSA) is 80.8 Å². The first kappa shape index (κ1) is 24.3. The fourth-order valence-electron chi connectivity index (χ4n) is 3.44. The van der Waals surface area contributed by atoms with Crippen LogP contribution in [0.5, 0.6) is 5.75 Å². The van der Waals surface area contributed by atoms with Crippen LogP contribution in [0.1, 0.15) is 68.9 Å².